The third-order valence-electron chi connectivity index (χ3n) is 2.58. The zero-order valence-corrected chi connectivity index (χ0v) is 10.9. The van der Waals surface area contributed by atoms with Gasteiger partial charge in [-0.2, -0.15) is 0 Å². The molecule has 19 heavy (non-hydrogen) atoms. The lowest BCUT2D eigenvalue weighted by atomic mass is 10.1. The van der Waals surface area contributed by atoms with Gasteiger partial charge in [0.2, 0.25) is 0 Å². The van der Waals surface area contributed by atoms with Crippen LogP contribution in [0.1, 0.15) is 21.8 Å². The monoisotopic (exact) mass is 280 g/mol. The molecule has 0 radical (unpaired) electrons. The summed E-state index contributed by atoms with van der Waals surface area (Å²) < 4.78 is 4.88. The maximum absolute atomic E-state index is 10.6. The molecular weight excluding hydrogens is 268 g/mol. The zero-order chi connectivity index (χ0) is 13.7. The first-order chi connectivity index (χ1) is 9.15. The van der Waals surface area contributed by atoms with Crippen LogP contribution in [0.5, 0.6) is 0 Å². The number of carboxylic acid groups (broad SMARTS) is 1. The number of benzene rings is 1. The normalized spacial score (nSPS) is 10.6. The molecule has 1 aromatic heterocycles. The summed E-state index contributed by atoms with van der Waals surface area (Å²) in [5, 5.41) is 16.0. The average molecular weight is 281 g/mol. The lowest BCUT2D eigenvalue weighted by molar-refractivity contribution is 0.0685. The average Bonchev–Trinajstić information content (AvgIpc) is 2.86. The van der Waals surface area contributed by atoms with Crippen molar-refractivity contribution in [2.45, 2.75) is 13.0 Å². The molecule has 1 aromatic carbocycles. The molecule has 6 heteroatoms. The fourth-order valence-electron chi connectivity index (χ4n) is 1.59. The Kier molecular flexibility index (Phi) is 4.54. The van der Waals surface area contributed by atoms with Crippen molar-refractivity contribution in [3.05, 3.63) is 52.4 Å². The molecule has 0 spiro atoms. The maximum Gasteiger partial charge on any atom is 0.358 e. The van der Waals surface area contributed by atoms with Crippen LogP contribution < -0.4 is 5.32 Å². The highest BCUT2D eigenvalue weighted by atomic mass is 35.5. The first kappa shape index (κ1) is 13.6. The van der Waals surface area contributed by atoms with Crippen LogP contribution in [-0.4, -0.2) is 22.8 Å². The van der Waals surface area contributed by atoms with Crippen LogP contribution in [0.2, 0.25) is 5.02 Å². The number of hydrogen-bond donors (Lipinski definition) is 2. The zero-order valence-electron chi connectivity index (χ0n) is 10.1. The van der Waals surface area contributed by atoms with Gasteiger partial charge in [-0.05, 0) is 30.7 Å². The van der Waals surface area contributed by atoms with Crippen LogP contribution in [0.3, 0.4) is 0 Å². The van der Waals surface area contributed by atoms with E-state index in [-0.39, 0.29) is 5.69 Å². The van der Waals surface area contributed by atoms with E-state index in [0.29, 0.717) is 12.3 Å². The lowest BCUT2D eigenvalue weighted by Gasteiger charge is -2.02. The minimum absolute atomic E-state index is 0.0745. The molecule has 0 bridgehead atoms. The Labute approximate surface area is 115 Å². The van der Waals surface area contributed by atoms with Gasteiger partial charge in [0.25, 0.3) is 0 Å². The summed E-state index contributed by atoms with van der Waals surface area (Å²) >= 11 is 5.80. The van der Waals surface area contributed by atoms with Gasteiger partial charge in [0, 0.05) is 11.1 Å². The molecule has 1 heterocycles. The predicted octanol–water partition coefficient (Wildman–Crippen LogP) is 2.36. The number of nitrogens with zero attached hydrogens (tertiary/aromatic N) is 1. The molecule has 2 N–H and O–H groups in total. The first-order valence-corrected chi connectivity index (χ1v) is 6.17. The number of carbonyl (C=O) groups is 1. The van der Waals surface area contributed by atoms with Crippen molar-refractivity contribution < 1.29 is 14.4 Å². The van der Waals surface area contributed by atoms with Crippen LogP contribution >= 0.6 is 11.6 Å². The molecule has 0 unspecified atom stereocenters. The molecule has 0 saturated heterocycles. The molecular formula is C13H13ClN2O3. The van der Waals surface area contributed by atoms with Gasteiger partial charge >= 0.3 is 5.97 Å². The summed E-state index contributed by atoms with van der Waals surface area (Å²) in [5.74, 6) is -0.579. The molecule has 0 atom stereocenters. The third kappa shape index (κ3) is 4.08. The number of hydrogen-bond acceptors (Lipinski definition) is 4. The fourth-order valence-corrected chi connectivity index (χ4v) is 1.72. The highest BCUT2D eigenvalue weighted by molar-refractivity contribution is 6.30. The number of nitrogens with one attached hydrogen (secondary N) is 1. The van der Waals surface area contributed by atoms with E-state index in [1.165, 1.54) is 11.6 Å². The Morgan fingerprint density at radius 2 is 2.11 bits per heavy atom. The van der Waals surface area contributed by atoms with Crippen molar-refractivity contribution in [1.29, 1.82) is 0 Å². The van der Waals surface area contributed by atoms with E-state index in [0.717, 1.165) is 18.0 Å². The Morgan fingerprint density at radius 3 is 2.74 bits per heavy atom. The maximum atomic E-state index is 10.6. The molecule has 2 aromatic rings. The molecule has 2 rings (SSSR count). The second-order valence-electron chi connectivity index (χ2n) is 4.04. The van der Waals surface area contributed by atoms with Crippen molar-refractivity contribution in [1.82, 2.24) is 10.5 Å². The first-order valence-electron chi connectivity index (χ1n) is 5.79. The van der Waals surface area contributed by atoms with Gasteiger partial charge in [0.1, 0.15) is 0 Å². The number of rotatable bonds is 6. The van der Waals surface area contributed by atoms with Gasteiger partial charge < -0.3 is 14.9 Å². The topological polar surface area (TPSA) is 75.4 Å². The van der Waals surface area contributed by atoms with Gasteiger partial charge in [0.05, 0.1) is 6.54 Å². The Bertz CT molecular complexity index is 551. The second kappa shape index (κ2) is 6.36. The highest BCUT2D eigenvalue weighted by Gasteiger charge is 2.09. The summed E-state index contributed by atoms with van der Waals surface area (Å²) in [6.07, 6.45) is 0.858. The van der Waals surface area contributed by atoms with E-state index >= 15 is 0 Å². The molecule has 0 saturated carbocycles. The third-order valence-corrected chi connectivity index (χ3v) is 2.83. The molecule has 0 amide bonds. The van der Waals surface area contributed by atoms with E-state index in [9.17, 15) is 4.79 Å². The Morgan fingerprint density at radius 1 is 1.37 bits per heavy atom. The molecule has 0 fully saturated rings. The summed E-state index contributed by atoms with van der Waals surface area (Å²) in [5.41, 5.74) is 1.11. The number of aromatic carboxylic acids is 1. The lowest BCUT2D eigenvalue weighted by Crippen LogP contribution is -2.16. The fraction of sp³-hybridized carbons (Fsp3) is 0.231. The summed E-state index contributed by atoms with van der Waals surface area (Å²) in [4.78, 5) is 10.6. The Balaban J connectivity index is 1.74. The van der Waals surface area contributed by atoms with Gasteiger partial charge in [-0.1, -0.05) is 28.9 Å². The predicted molar refractivity (Wildman–Crippen MR) is 70.3 cm³/mol. The SMILES string of the molecule is O=C(O)c1cc(CNCCc2ccc(Cl)cc2)on1. The van der Waals surface area contributed by atoms with Crippen molar-refractivity contribution in [2.24, 2.45) is 0 Å². The molecule has 0 aliphatic carbocycles. The summed E-state index contributed by atoms with van der Waals surface area (Å²) in [6.45, 7) is 1.21. The molecule has 100 valence electrons. The molecule has 0 aliphatic rings. The summed E-state index contributed by atoms with van der Waals surface area (Å²) in [6, 6.07) is 9.07. The minimum Gasteiger partial charge on any atom is -0.476 e. The molecule has 0 aliphatic heterocycles. The van der Waals surface area contributed by atoms with Gasteiger partial charge in [0.15, 0.2) is 11.5 Å². The van der Waals surface area contributed by atoms with Crippen LogP contribution in [0.25, 0.3) is 0 Å². The smallest absolute Gasteiger partial charge is 0.358 e. The van der Waals surface area contributed by atoms with E-state index < -0.39 is 5.97 Å². The Hall–Kier alpha value is -1.85. The van der Waals surface area contributed by atoms with Gasteiger partial charge in [-0.3, -0.25) is 0 Å². The quantitative estimate of drug-likeness (QED) is 0.795. The number of halogens is 1. The van der Waals surface area contributed by atoms with Crippen molar-refractivity contribution in [2.75, 3.05) is 6.54 Å². The van der Waals surface area contributed by atoms with E-state index in [1.807, 2.05) is 24.3 Å². The minimum atomic E-state index is -1.09. The largest absolute Gasteiger partial charge is 0.476 e. The van der Waals surface area contributed by atoms with Crippen LogP contribution in [0, 0.1) is 0 Å². The van der Waals surface area contributed by atoms with E-state index in [4.69, 9.17) is 21.2 Å². The van der Waals surface area contributed by atoms with Crippen molar-refractivity contribution in [3.63, 3.8) is 0 Å². The standard InChI is InChI=1S/C13H13ClN2O3/c14-10-3-1-9(2-4-10)5-6-15-8-11-7-12(13(17)18)16-19-11/h1-4,7,15H,5-6,8H2,(H,17,18). The van der Waals surface area contributed by atoms with E-state index in [1.54, 1.807) is 0 Å². The summed E-state index contributed by atoms with van der Waals surface area (Å²) in [7, 11) is 0. The van der Waals surface area contributed by atoms with Gasteiger partial charge in [-0.25, -0.2) is 4.79 Å². The highest BCUT2D eigenvalue weighted by Crippen LogP contribution is 2.09. The molecule has 5 nitrogen and oxygen atoms in total. The van der Waals surface area contributed by atoms with Gasteiger partial charge in [-0.15, -0.1) is 0 Å². The van der Waals surface area contributed by atoms with Crippen molar-refractivity contribution >= 4 is 17.6 Å². The van der Waals surface area contributed by atoms with Crippen molar-refractivity contribution in [3.8, 4) is 0 Å². The van der Waals surface area contributed by atoms with E-state index in [2.05, 4.69) is 10.5 Å². The number of carboxylic acids is 1. The second-order valence-corrected chi connectivity index (χ2v) is 4.47. The van der Waals surface area contributed by atoms with Crippen LogP contribution in [0.15, 0.2) is 34.9 Å². The van der Waals surface area contributed by atoms with Crippen LogP contribution in [0.4, 0.5) is 0 Å². The number of aromatic nitrogens is 1. The van der Waals surface area contributed by atoms with Crippen LogP contribution in [-0.2, 0) is 13.0 Å².